The first-order chi connectivity index (χ1) is 1.73. The summed E-state index contributed by atoms with van der Waals surface area (Å²) in [6.07, 6.45) is 0. The molecule has 0 saturated carbocycles. The molecule has 1 N–H and O–H groups in total. The summed E-state index contributed by atoms with van der Waals surface area (Å²) in [6, 6.07) is 0. The van der Waals surface area contributed by atoms with Gasteiger partial charge in [-0.3, -0.25) is 4.79 Å². The van der Waals surface area contributed by atoms with E-state index in [0.29, 0.717) is 0 Å². The first-order valence-corrected chi connectivity index (χ1v) is 0.781. The van der Waals surface area contributed by atoms with Gasteiger partial charge in [-0.2, -0.15) is 0 Å². The fourth-order valence-corrected chi connectivity index (χ4v) is 0. The van der Waals surface area contributed by atoms with Crippen molar-refractivity contribution in [3.8, 4) is 0 Å². The molecule has 0 bridgehead atoms. The minimum Gasteiger partial charge on any atom is 0.316 e. The van der Waals surface area contributed by atoms with Crippen molar-refractivity contribution in [2.75, 3.05) is 0 Å². The van der Waals surface area contributed by atoms with Gasteiger partial charge in [0.2, 0.25) is 0 Å². The van der Waals surface area contributed by atoms with Crippen molar-refractivity contribution in [3.63, 3.8) is 0 Å². The molecule has 0 amide bonds. The van der Waals surface area contributed by atoms with E-state index in [1.54, 1.807) is 0 Å². The standard InChI is InChI=1S/C2H3O2.Li.Mg.3H/c1-2(3)4;;;;;/h1H2,(H,3,4);;;;;. The molecule has 0 rings (SSSR count). The number of carboxylic acid groups (broad SMARTS) is 1. The summed E-state index contributed by atoms with van der Waals surface area (Å²) in [5.41, 5.74) is 0. The predicted octanol–water partition coefficient (Wildman–Crippen LogP) is -1.66. The van der Waals surface area contributed by atoms with Crippen molar-refractivity contribution in [3.05, 3.63) is 6.92 Å². The second-order valence-electron chi connectivity index (χ2n) is 0.394. The molecule has 0 unspecified atom stereocenters. The van der Waals surface area contributed by atoms with Crippen LogP contribution in [0.15, 0.2) is 0 Å². The van der Waals surface area contributed by atoms with Gasteiger partial charge in [-0.15, -0.1) is 0 Å². The molecule has 0 aromatic heterocycles. The van der Waals surface area contributed by atoms with Crippen LogP contribution in [0, 0.1) is 6.92 Å². The third-order valence-electron chi connectivity index (χ3n) is 0. The van der Waals surface area contributed by atoms with Crippen LogP contribution in [0.4, 0.5) is 0 Å². The van der Waals surface area contributed by atoms with Crippen LogP contribution in [0.3, 0.4) is 0 Å². The molecule has 1 radical (unpaired) electrons. The molecule has 4 heteroatoms. The Balaban J connectivity index is -0.0000000450. The number of hydrogen-bond acceptors (Lipinski definition) is 1. The molecule has 0 fully saturated rings. The Morgan fingerprint density at radius 1 is 1.67 bits per heavy atom. The Bertz CT molecular complexity index is 34.5. The minimum atomic E-state index is -1.08. The third kappa shape index (κ3) is 102. The normalized spacial score (nSPS) is 4.17. The van der Waals surface area contributed by atoms with Crippen molar-refractivity contribution in [1.82, 2.24) is 0 Å². The molecule has 0 saturated heterocycles. The summed E-state index contributed by atoms with van der Waals surface area (Å²) in [6.45, 7) is 2.56. The van der Waals surface area contributed by atoms with E-state index in [0.717, 1.165) is 0 Å². The van der Waals surface area contributed by atoms with Gasteiger partial charge in [0.1, 0.15) is 0 Å². The molecule has 29 valence electrons. The van der Waals surface area contributed by atoms with Crippen LogP contribution in [0.5, 0.6) is 0 Å². The van der Waals surface area contributed by atoms with Crippen molar-refractivity contribution in [2.24, 2.45) is 0 Å². The Morgan fingerprint density at radius 2 is 1.67 bits per heavy atom. The maximum Gasteiger partial charge on any atom is 0.316 e. The number of rotatable bonds is 0. The van der Waals surface area contributed by atoms with E-state index in [1.807, 2.05) is 0 Å². The topological polar surface area (TPSA) is 37.3 Å². The first-order valence-electron chi connectivity index (χ1n) is 0.781. The van der Waals surface area contributed by atoms with Crippen LogP contribution in [-0.2, 0) is 4.79 Å². The van der Waals surface area contributed by atoms with Gasteiger partial charge < -0.3 is 5.11 Å². The third-order valence-corrected chi connectivity index (χ3v) is 0. The van der Waals surface area contributed by atoms with Crippen molar-refractivity contribution in [2.45, 2.75) is 0 Å². The minimum absolute atomic E-state index is 0. The Hall–Kier alpha value is 0.834. The van der Waals surface area contributed by atoms with Gasteiger partial charge in [-0.25, -0.2) is 0 Å². The monoisotopic (exact) mass is 93.0 g/mol. The fourth-order valence-electron chi connectivity index (χ4n) is 0. The van der Waals surface area contributed by atoms with Gasteiger partial charge in [0, 0.05) is 0 Å². The maximum atomic E-state index is 8.89. The molecular formula is C2H6LiMgO2. The second-order valence-corrected chi connectivity index (χ2v) is 0.394. The van der Waals surface area contributed by atoms with E-state index in [2.05, 4.69) is 6.92 Å². The number of carbonyl (C=O) groups is 1. The van der Waals surface area contributed by atoms with Crippen LogP contribution in [0.1, 0.15) is 0 Å². The van der Waals surface area contributed by atoms with E-state index in [-0.39, 0.29) is 41.9 Å². The first kappa shape index (κ1) is 15.8. The smallest absolute Gasteiger partial charge is 0.316 e. The average molecular weight is 93.3 g/mol. The van der Waals surface area contributed by atoms with Crippen molar-refractivity contribution >= 4 is 47.9 Å². The molecular weight excluding hydrogens is 87.3 g/mol. The van der Waals surface area contributed by atoms with Crippen LogP contribution >= 0.6 is 0 Å². The Morgan fingerprint density at radius 3 is 1.67 bits per heavy atom. The Labute approximate surface area is 64.6 Å². The van der Waals surface area contributed by atoms with Crippen molar-refractivity contribution in [1.29, 1.82) is 0 Å². The largest absolute Gasteiger partial charge is 0.316 e. The van der Waals surface area contributed by atoms with Gasteiger partial charge in [0.05, 0.1) is 6.92 Å². The van der Waals surface area contributed by atoms with Crippen LogP contribution in [0.2, 0.25) is 0 Å². The molecule has 6 heavy (non-hydrogen) atoms. The van der Waals surface area contributed by atoms with Gasteiger partial charge in [0.15, 0.2) is 0 Å². The van der Waals surface area contributed by atoms with E-state index in [9.17, 15) is 0 Å². The van der Waals surface area contributed by atoms with E-state index < -0.39 is 5.97 Å². The fraction of sp³-hybridized carbons (Fsp3) is 0. The molecule has 0 aliphatic rings. The zero-order valence-electron chi connectivity index (χ0n) is 2.06. The summed E-state index contributed by atoms with van der Waals surface area (Å²) in [5, 5.41) is 7.31. The van der Waals surface area contributed by atoms with Crippen LogP contribution < -0.4 is 0 Å². The second kappa shape index (κ2) is 9.27. The molecule has 0 atom stereocenters. The molecule has 0 aromatic carbocycles. The summed E-state index contributed by atoms with van der Waals surface area (Å²) < 4.78 is 0. The summed E-state index contributed by atoms with van der Waals surface area (Å²) in [7, 11) is 0. The quantitative estimate of drug-likeness (QED) is 0.364. The Kier molecular flexibility index (Phi) is 24.5. The maximum absolute atomic E-state index is 8.89. The molecule has 0 spiro atoms. The summed E-state index contributed by atoms with van der Waals surface area (Å²) in [4.78, 5) is 8.89. The van der Waals surface area contributed by atoms with Gasteiger partial charge >= 0.3 is 47.9 Å². The average Bonchev–Trinajstić information content (AvgIpc) is 0.811. The SMILES string of the molecule is [CH2]C(=O)O.[LiH].[MgH2]. The number of hydrogen-bond donors (Lipinski definition) is 1. The van der Waals surface area contributed by atoms with Gasteiger partial charge in [-0.1, -0.05) is 0 Å². The van der Waals surface area contributed by atoms with Crippen molar-refractivity contribution < 1.29 is 9.90 Å². The molecule has 2 nitrogen and oxygen atoms in total. The van der Waals surface area contributed by atoms with Crippen LogP contribution in [0.25, 0.3) is 0 Å². The molecule has 0 aliphatic heterocycles. The summed E-state index contributed by atoms with van der Waals surface area (Å²) in [5.74, 6) is -1.08. The van der Waals surface area contributed by atoms with E-state index >= 15 is 0 Å². The van der Waals surface area contributed by atoms with Gasteiger partial charge in [-0.05, 0) is 0 Å². The number of aliphatic carboxylic acids is 1. The molecule has 0 heterocycles. The molecule has 0 aromatic rings. The summed E-state index contributed by atoms with van der Waals surface area (Å²) >= 11 is 0. The van der Waals surface area contributed by atoms with Gasteiger partial charge in [0.25, 0.3) is 0 Å². The zero-order chi connectivity index (χ0) is 3.58. The van der Waals surface area contributed by atoms with Crippen LogP contribution in [-0.4, -0.2) is 53.0 Å². The number of carboxylic acids is 1. The van der Waals surface area contributed by atoms with E-state index in [4.69, 9.17) is 9.90 Å². The van der Waals surface area contributed by atoms with E-state index in [1.165, 1.54) is 0 Å². The predicted molar refractivity (Wildman–Crippen MR) is 28.7 cm³/mol. The molecule has 0 aliphatic carbocycles. The zero-order valence-corrected chi connectivity index (χ0v) is 2.06.